The van der Waals surface area contributed by atoms with Gasteiger partial charge in [0.1, 0.15) is 6.33 Å². The van der Waals surface area contributed by atoms with Crippen molar-refractivity contribution < 1.29 is 0 Å². The fraction of sp³-hybridized carbons (Fsp3) is 0.0769. The first-order valence-corrected chi connectivity index (χ1v) is 5.84. The zero-order valence-electron chi connectivity index (χ0n) is 10.3. The summed E-state index contributed by atoms with van der Waals surface area (Å²) in [6, 6.07) is 9.62. The smallest absolute Gasteiger partial charge is 0.222 e. The summed E-state index contributed by atoms with van der Waals surface area (Å²) in [6.45, 7) is 1.87. The van der Waals surface area contributed by atoms with Crippen molar-refractivity contribution in [2.45, 2.75) is 6.92 Å². The predicted molar refractivity (Wildman–Crippen MR) is 74.0 cm³/mol. The summed E-state index contributed by atoms with van der Waals surface area (Å²) >= 11 is 0. The lowest BCUT2D eigenvalue weighted by Gasteiger charge is -1.99. The Labute approximate surface area is 109 Å². The van der Waals surface area contributed by atoms with E-state index in [2.05, 4.69) is 30.5 Å². The molecule has 2 heterocycles. The Hall–Kier alpha value is -2.76. The zero-order chi connectivity index (χ0) is 13.1. The number of hydrogen-bond acceptors (Lipinski definition) is 5. The number of nitrogens with zero attached hydrogens (tertiary/aromatic N) is 4. The van der Waals surface area contributed by atoms with Gasteiger partial charge in [0.05, 0.1) is 22.4 Å². The largest absolute Gasteiger partial charge is 0.323 e. The molecule has 0 saturated heterocycles. The lowest BCUT2D eigenvalue weighted by molar-refractivity contribution is 1.13. The monoisotopic (exact) mass is 252 g/mol. The van der Waals surface area contributed by atoms with Crippen molar-refractivity contribution in [2.24, 2.45) is 5.10 Å². The van der Waals surface area contributed by atoms with E-state index in [9.17, 15) is 0 Å². The molecule has 0 unspecified atom stereocenters. The van der Waals surface area contributed by atoms with Crippen LogP contribution in [0, 0.1) is 0 Å². The molecule has 2 aromatic heterocycles. The number of aromatic amines is 1. The van der Waals surface area contributed by atoms with Gasteiger partial charge >= 0.3 is 0 Å². The lowest BCUT2D eigenvalue weighted by atomic mass is 10.3. The van der Waals surface area contributed by atoms with E-state index in [4.69, 9.17) is 0 Å². The molecule has 0 fully saturated rings. The van der Waals surface area contributed by atoms with Crippen LogP contribution in [0.5, 0.6) is 0 Å². The maximum Gasteiger partial charge on any atom is 0.222 e. The number of para-hydroxylation sites is 2. The lowest BCUT2D eigenvalue weighted by Crippen LogP contribution is -2.02. The fourth-order valence-corrected chi connectivity index (χ4v) is 1.70. The van der Waals surface area contributed by atoms with Crippen LogP contribution < -0.4 is 5.43 Å². The highest BCUT2D eigenvalue weighted by Crippen LogP contribution is 2.13. The number of rotatable bonds is 3. The topological polar surface area (TPSA) is 78.9 Å². The van der Waals surface area contributed by atoms with Crippen molar-refractivity contribution in [3.05, 3.63) is 48.5 Å². The van der Waals surface area contributed by atoms with Gasteiger partial charge in [-0.25, -0.2) is 20.4 Å². The molecule has 0 aliphatic rings. The molecule has 0 bridgehead atoms. The molecule has 6 nitrogen and oxygen atoms in total. The van der Waals surface area contributed by atoms with E-state index in [0.29, 0.717) is 5.95 Å². The second kappa shape index (κ2) is 4.85. The highest BCUT2D eigenvalue weighted by molar-refractivity contribution is 5.97. The van der Waals surface area contributed by atoms with Crippen LogP contribution in [-0.2, 0) is 0 Å². The number of nitrogens with one attached hydrogen (secondary N) is 2. The van der Waals surface area contributed by atoms with Gasteiger partial charge in [-0.3, -0.25) is 0 Å². The quantitative estimate of drug-likeness (QED) is 0.553. The molecule has 0 saturated carbocycles. The molecule has 6 heteroatoms. The third-order valence-electron chi connectivity index (χ3n) is 2.67. The van der Waals surface area contributed by atoms with Crippen molar-refractivity contribution in [1.82, 2.24) is 19.9 Å². The van der Waals surface area contributed by atoms with E-state index in [1.807, 2.05) is 31.2 Å². The minimum absolute atomic E-state index is 0.606. The normalized spacial score (nSPS) is 11.7. The highest BCUT2D eigenvalue weighted by Gasteiger charge is 2.01. The Morgan fingerprint density at radius 3 is 2.95 bits per heavy atom. The Balaban J connectivity index is 1.82. The first-order valence-electron chi connectivity index (χ1n) is 5.84. The molecule has 0 radical (unpaired) electrons. The molecule has 3 aromatic rings. The molecule has 1 aromatic carbocycles. The van der Waals surface area contributed by atoms with Crippen molar-refractivity contribution in [2.75, 3.05) is 5.43 Å². The van der Waals surface area contributed by atoms with E-state index in [1.165, 1.54) is 6.33 Å². The molecule has 94 valence electrons. The first kappa shape index (κ1) is 11.3. The summed E-state index contributed by atoms with van der Waals surface area (Å²) in [7, 11) is 0. The van der Waals surface area contributed by atoms with E-state index in [1.54, 1.807) is 12.3 Å². The summed E-state index contributed by atoms with van der Waals surface area (Å²) < 4.78 is 0. The third kappa shape index (κ3) is 2.42. The van der Waals surface area contributed by atoms with E-state index in [-0.39, 0.29) is 0 Å². The minimum Gasteiger partial charge on any atom is -0.323 e. The number of imidazole rings is 1. The number of hydrogen-bond donors (Lipinski definition) is 2. The number of fused-ring (bicyclic) bond motifs is 1. The molecular weight excluding hydrogens is 240 g/mol. The van der Waals surface area contributed by atoms with E-state index >= 15 is 0 Å². The molecule has 19 heavy (non-hydrogen) atoms. The SMILES string of the molecule is C/C(=N\Nc1nc2ccccc2[nH]1)c1ccncn1. The van der Waals surface area contributed by atoms with Crippen LogP contribution in [0.2, 0.25) is 0 Å². The van der Waals surface area contributed by atoms with Crippen LogP contribution in [-0.4, -0.2) is 25.6 Å². The summed E-state index contributed by atoms with van der Waals surface area (Å²) in [4.78, 5) is 15.5. The Kier molecular flexibility index (Phi) is 2.89. The summed E-state index contributed by atoms with van der Waals surface area (Å²) in [5.41, 5.74) is 6.31. The van der Waals surface area contributed by atoms with Gasteiger partial charge in [0.2, 0.25) is 5.95 Å². The molecule has 0 spiro atoms. The summed E-state index contributed by atoms with van der Waals surface area (Å²) in [6.07, 6.45) is 3.18. The van der Waals surface area contributed by atoms with Gasteiger partial charge in [-0.05, 0) is 25.1 Å². The van der Waals surface area contributed by atoms with Crippen molar-refractivity contribution in [1.29, 1.82) is 0 Å². The standard InChI is InChI=1S/C13H12N6/c1-9(10-6-7-14-8-15-10)18-19-13-16-11-4-2-3-5-12(11)17-13/h2-8H,1H3,(H2,16,17,19)/b18-9+. The number of benzene rings is 1. The molecular formula is C13H12N6. The van der Waals surface area contributed by atoms with Crippen LogP contribution in [0.25, 0.3) is 11.0 Å². The molecule has 0 atom stereocenters. The maximum absolute atomic E-state index is 4.37. The van der Waals surface area contributed by atoms with Crippen molar-refractivity contribution in [3.63, 3.8) is 0 Å². The van der Waals surface area contributed by atoms with Gasteiger partial charge in [0, 0.05) is 6.20 Å². The van der Waals surface area contributed by atoms with Crippen LogP contribution in [0.4, 0.5) is 5.95 Å². The van der Waals surface area contributed by atoms with Crippen LogP contribution in [0.3, 0.4) is 0 Å². The summed E-state index contributed by atoms with van der Waals surface area (Å²) in [5, 5.41) is 4.24. The van der Waals surface area contributed by atoms with Gasteiger partial charge in [-0.1, -0.05) is 12.1 Å². The number of H-pyrrole nitrogens is 1. The van der Waals surface area contributed by atoms with Gasteiger partial charge in [0.25, 0.3) is 0 Å². The second-order valence-corrected chi connectivity index (χ2v) is 4.01. The van der Waals surface area contributed by atoms with Crippen molar-refractivity contribution >= 4 is 22.7 Å². The second-order valence-electron chi connectivity index (χ2n) is 4.01. The molecule has 3 rings (SSSR count). The molecule has 0 amide bonds. The van der Waals surface area contributed by atoms with Gasteiger partial charge in [-0.15, -0.1) is 0 Å². The van der Waals surface area contributed by atoms with Crippen molar-refractivity contribution in [3.8, 4) is 0 Å². The molecule has 0 aliphatic heterocycles. The van der Waals surface area contributed by atoms with Gasteiger partial charge in [-0.2, -0.15) is 5.10 Å². The zero-order valence-corrected chi connectivity index (χ0v) is 10.3. The van der Waals surface area contributed by atoms with Crippen LogP contribution in [0.1, 0.15) is 12.6 Å². The summed E-state index contributed by atoms with van der Waals surface area (Å²) in [5.74, 6) is 0.606. The highest BCUT2D eigenvalue weighted by atomic mass is 15.4. The van der Waals surface area contributed by atoms with Crippen LogP contribution >= 0.6 is 0 Å². The minimum atomic E-state index is 0.606. The molecule has 0 aliphatic carbocycles. The number of hydrazone groups is 1. The Morgan fingerprint density at radius 1 is 1.26 bits per heavy atom. The van der Waals surface area contributed by atoms with E-state index < -0.39 is 0 Å². The Bertz CT molecular complexity index is 683. The van der Waals surface area contributed by atoms with Gasteiger partial charge < -0.3 is 4.98 Å². The maximum atomic E-state index is 4.37. The predicted octanol–water partition coefficient (Wildman–Crippen LogP) is 2.19. The van der Waals surface area contributed by atoms with Gasteiger partial charge in [0.15, 0.2) is 0 Å². The average molecular weight is 252 g/mol. The van der Waals surface area contributed by atoms with Crippen LogP contribution in [0.15, 0.2) is 48.0 Å². The third-order valence-corrected chi connectivity index (χ3v) is 2.67. The van der Waals surface area contributed by atoms with E-state index in [0.717, 1.165) is 22.4 Å². The molecule has 2 N–H and O–H groups in total. The number of anilines is 1. The fourth-order valence-electron chi connectivity index (χ4n) is 1.70. The first-order chi connectivity index (χ1) is 9.33. The number of aromatic nitrogens is 4. The average Bonchev–Trinajstić information content (AvgIpc) is 2.88. The Morgan fingerprint density at radius 2 is 2.16 bits per heavy atom.